The summed E-state index contributed by atoms with van der Waals surface area (Å²) in [5.74, 6) is 0. The summed E-state index contributed by atoms with van der Waals surface area (Å²) in [4.78, 5) is 11.9. The van der Waals surface area contributed by atoms with Crippen molar-refractivity contribution in [2.45, 2.75) is 26.8 Å². The average Bonchev–Trinajstić information content (AvgIpc) is 2.32. The number of pyridine rings is 1. The third kappa shape index (κ3) is 2.84. The van der Waals surface area contributed by atoms with Gasteiger partial charge in [0.15, 0.2) is 0 Å². The predicted octanol–water partition coefficient (Wildman–Crippen LogP) is 2.77. The molecule has 0 unspecified atom stereocenters. The summed E-state index contributed by atoms with van der Waals surface area (Å²) in [5.41, 5.74) is 3.55. The summed E-state index contributed by atoms with van der Waals surface area (Å²) in [6.07, 6.45) is 2.78. The largest absolute Gasteiger partial charge is 0.311 e. The lowest BCUT2D eigenvalue weighted by Crippen LogP contribution is -2.19. The topological polar surface area (TPSA) is 22.0 Å². The zero-order valence-corrected chi connectivity index (χ0v) is 10.3. The number of hydrogen-bond acceptors (Lipinski definition) is 1. The summed E-state index contributed by atoms with van der Waals surface area (Å²) in [7, 11) is 0. The molecule has 1 aromatic carbocycles. The zero-order valence-electron chi connectivity index (χ0n) is 10.3. The van der Waals surface area contributed by atoms with Crippen molar-refractivity contribution in [1.82, 2.24) is 4.57 Å². The molecular weight excluding hydrogens is 210 g/mol. The number of aromatic nitrogens is 1. The molecule has 88 valence electrons. The molecule has 0 amide bonds. The van der Waals surface area contributed by atoms with Crippen LogP contribution in [0.25, 0.3) is 0 Å². The minimum Gasteiger partial charge on any atom is -0.311 e. The minimum absolute atomic E-state index is 0.0749. The smallest absolute Gasteiger partial charge is 0.251 e. The van der Waals surface area contributed by atoms with Crippen molar-refractivity contribution in [2.24, 2.45) is 0 Å². The van der Waals surface area contributed by atoms with Gasteiger partial charge in [0.2, 0.25) is 0 Å². The number of rotatable bonds is 3. The molecule has 0 fully saturated rings. The van der Waals surface area contributed by atoms with Crippen LogP contribution >= 0.6 is 0 Å². The fourth-order valence-electron chi connectivity index (χ4n) is 1.91. The zero-order chi connectivity index (χ0) is 12.3. The molecule has 0 atom stereocenters. The lowest BCUT2D eigenvalue weighted by Gasteiger charge is -2.07. The van der Waals surface area contributed by atoms with Crippen LogP contribution in [-0.4, -0.2) is 4.57 Å². The first-order valence-electron chi connectivity index (χ1n) is 5.94. The quantitative estimate of drug-likeness (QED) is 0.790. The third-order valence-electron chi connectivity index (χ3n) is 2.90. The van der Waals surface area contributed by atoms with Crippen LogP contribution in [0.3, 0.4) is 0 Å². The second kappa shape index (κ2) is 5.00. The molecule has 0 spiro atoms. The number of nitrogens with zero attached hydrogens (tertiary/aromatic N) is 1. The van der Waals surface area contributed by atoms with Crippen molar-refractivity contribution in [3.05, 3.63) is 69.6 Å². The van der Waals surface area contributed by atoms with E-state index in [9.17, 15) is 4.79 Å². The van der Waals surface area contributed by atoms with E-state index in [0.29, 0.717) is 6.54 Å². The molecule has 0 aliphatic heterocycles. The molecule has 0 radical (unpaired) electrons. The fraction of sp³-hybridized carbons (Fsp3) is 0.267. The van der Waals surface area contributed by atoms with Gasteiger partial charge in [0.25, 0.3) is 5.56 Å². The van der Waals surface area contributed by atoms with E-state index in [1.54, 1.807) is 10.6 Å². The average molecular weight is 227 g/mol. The van der Waals surface area contributed by atoms with E-state index in [1.165, 1.54) is 5.56 Å². The monoisotopic (exact) mass is 227 g/mol. The van der Waals surface area contributed by atoms with Crippen molar-refractivity contribution in [2.75, 3.05) is 0 Å². The van der Waals surface area contributed by atoms with Gasteiger partial charge >= 0.3 is 0 Å². The molecule has 0 bridgehead atoms. The van der Waals surface area contributed by atoms with Crippen molar-refractivity contribution in [1.29, 1.82) is 0 Å². The Hall–Kier alpha value is -1.83. The van der Waals surface area contributed by atoms with Gasteiger partial charge in [-0.1, -0.05) is 36.8 Å². The molecule has 2 heteroatoms. The maximum absolute atomic E-state index is 11.9. The van der Waals surface area contributed by atoms with Gasteiger partial charge in [-0.05, 0) is 30.5 Å². The summed E-state index contributed by atoms with van der Waals surface area (Å²) in [6.45, 7) is 4.76. The van der Waals surface area contributed by atoms with Crippen LogP contribution in [0.4, 0.5) is 0 Å². The van der Waals surface area contributed by atoms with Crippen LogP contribution in [0.1, 0.15) is 23.6 Å². The molecule has 1 heterocycles. The molecule has 0 aliphatic carbocycles. The van der Waals surface area contributed by atoms with Crippen LogP contribution < -0.4 is 5.56 Å². The van der Waals surface area contributed by atoms with Crippen molar-refractivity contribution in [3.63, 3.8) is 0 Å². The summed E-state index contributed by atoms with van der Waals surface area (Å²) < 4.78 is 1.74. The Kier molecular flexibility index (Phi) is 3.43. The Bertz CT molecular complexity index is 569. The Morgan fingerprint density at radius 3 is 2.59 bits per heavy atom. The van der Waals surface area contributed by atoms with E-state index in [-0.39, 0.29) is 5.56 Å². The first-order chi connectivity index (χ1) is 8.19. The lowest BCUT2D eigenvalue weighted by atomic mass is 10.1. The standard InChI is InChI=1S/C15H17NO/c1-3-13-7-8-16(15(17)10-13)11-14-6-4-5-12(2)9-14/h4-10H,3,11H2,1-2H3. The Balaban J connectivity index is 2.27. The van der Waals surface area contributed by atoms with Gasteiger partial charge in [0.05, 0.1) is 6.54 Å². The molecular formula is C15H17NO. The Morgan fingerprint density at radius 2 is 1.94 bits per heavy atom. The van der Waals surface area contributed by atoms with Gasteiger partial charge in [-0.2, -0.15) is 0 Å². The van der Waals surface area contributed by atoms with E-state index < -0.39 is 0 Å². The molecule has 0 aliphatic rings. The first kappa shape index (κ1) is 11.6. The van der Waals surface area contributed by atoms with Crippen molar-refractivity contribution >= 4 is 0 Å². The normalized spacial score (nSPS) is 10.5. The number of hydrogen-bond donors (Lipinski definition) is 0. The molecule has 2 rings (SSSR count). The molecule has 0 N–H and O–H groups in total. The van der Waals surface area contributed by atoms with Crippen LogP contribution in [0, 0.1) is 6.92 Å². The fourth-order valence-corrected chi connectivity index (χ4v) is 1.91. The maximum atomic E-state index is 11.9. The highest BCUT2D eigenvalue weighted by Crippen LogP contribution is 2.05. The van der Waals surface area contributed by atoms with Gasteiger partial charge in [0, 0.05) is 12.3 Å². The van der Waals surface area contributed by atoms with Crippen molar-refractivity contribution in [3.8, 4) is 0 Å². The highest BCUT2D eigenvalue weighted by atomic mass is 16.1. The first-order valence-corrected chi connectivity index (χ1v) is 5.94. The summed E-state index contributed by atoms with van der Waals surface area (Å²) in [5, 5.41) is 0. The molecule has 2 aromatic rings. The third-order valence-corrected chi connectivity index (χ3v) is 2.90. The van der Waals surface area contributed by atoms with E-state index in [0.717, 1.165) is 17.5 Å². The lowest BCUT2D eigenvalue weighted by molar-refractivity contribution is 0.754. The summed E-state index contributed by atoms with van der Waals surface area (Å²) in [6, 6.07) is 12.0. The van der Waals surface area contributed by atoms with Crippen LogP contribution in [-0.2, 0) is 13.0 Å². The molecule has 2 nitrogen and oxygen atoms in total. The van der Waals surface area contributed by atoms with Crippen LogP contribution in [0.2, 0.25) is 0 Å². The Labute approximate surface area is 102 Å². The Morgan fingerprint density at radius 1 is 1.12 bits per heavy atom. The van der Waals surface area contributed by atoms with Gasteiger partial charge in [0.1, 0.15) is 0 Å². The highest BCUT2D eigenvalue weighted by molar-refractivity contribution is 5.23. The maximum Gasteiger partial charge on any atom is 0.251 e. The van der Waals surface area contributed by atoms with E-state index in [1.807, 2.05) is 24.4 Å². The molecule has 0 saturated carbocycles. The molecule has 0 saturated heterocycles. The summed E-state index contributed by atoms with van der Waals surface area (Å²) >= 11 is 0. The SMILES string of the molecule is CCc1ccn(Cc2cccc(C)c2)c(=O)c1. The van der Waals surface area contributed by atoms with E-state index in [2.05, 4.69) is 26.0 Å². The minimum atomic E-state index is 0.0749. The second-order valence-corrected chi connectivity index (χ2v) is 4.34. The predicted molar refractivity (Wildman–Crippen MR) is 70.4 cm³/mol. The van der Waals surface area contributed by atoms with Crippen LogP contribution in [0.15, 0.2) is 47.4 Å². The highest BCUT2D eigenvalue weighted by Gasteiger charge is 1.99. The molecule has 17 heavy (non-hydrogen) atoms. The van der Waals surface area contributed by atoms with E-state index in [4.69, 9.17) is 0 Å². The van der Waals surface area contributed by atoms with Gasteiger partial charge in [-0.15, -0.1) is 0 Å². The second-order valence-electron chi connectivity index (χ2n) is 4.34. The van der Waals surface area contributed by atoms with Gasteiger partial charge < -0.3 is 4.57 Å². The van der Waals surface area contributed by atoms with Gasteiger partial charge in [-0.25, -0.2) is 0 Å². The number of benzene rings is 1. The molecule has 1 aromatic heterocycles. The van der Waals surface area contributed by atoms with Crippen LogP contribution in [0.5, 0.6) is 0 Å². The van der Waals surface area contributed by atoms with E-state index >= 15 is 0 Å². The van der Waals surface area contributed by atoms with Crippen molar-refractivity contribution < 1.29 is 0 Å². The number of aryl methyl sites for hydroxylation is 2. The van der Waals surface area contributed by atoms with Gasteiger partial charge in [-0.3, -0.25) is 4.79 Å².